The van der Waals surface area contributed by atoms with Crippen LogP contribution in [0.3, 0.4) is 0 Å². The van der Waals surface area contributed by atoms with Gasteiger partial charge in [0.2, 0.25) is 5.91 Å². The minimum atomic E-state index is -0.156. The second kappa shape index (κ2) is 9.22. The number of rotatable bonds is 6. The molecule has 2 aromatic rings. The molecule has 0 bridgehead atoms. The van der Waals surface area contributed by atoms with E-state index in [1.807, 2.05) is 46.1 Å². The summed E-state index contributed by atoms with van der Waals surface area (Å²) in [5, 5.41) is 10.9. The minimum Gasteiger partial charge on any atom is -0.346 e. The Bertz CT molecular complexity index is 829. The SMILES string of the molecule is O=C(NC1CCN(C(=O)CCc2ccccc2)C1)c1ccn(C2CCCNC2)n1. The molecule has 2 N–H and O–H groups in total. The van der Waals surface area contributed by atoms with Crippen molar-refractivity contribution in [2.45, 2.75) is 44.2 Å². The molecule has 1 aromatic heterocycles. The van der Waals surface area contributed by atoms with Gasteiger partial charge in [-0.3, -0.25) is 14.3 Å². The number of benzene rings is 1. The lowest BCUT2D eigenvalue weighted by atomic mass is 10.1. The lowest BCUT2D eigenvalue weighted by Gasteiger charge is -2.22. The van der Waals surface area contributed by atoms with E-state index in [1.165, 1.54) is 5.56 Å². The molecule has 1 aromatic carbocycles. The van der Waals surface area contributed by atoms with E-state index in [9.17, 15) is 9.59 Å². The lowest BCUT2D eigenvalue weighted by Crippen LogP contribution is -2.38. The molecule has 4 rings (SSSR count). The van der Waals surface area contributed by atoms with E-state index >= 15 is 0 Å². The van der Waals surface area contributed by atoms with Crippen LogP contribution in [0.1, 0.15) is 47.8 Å². The van der Waals surface area contributed by atoms with Crippen LogP contribution in [0, 0.1) is 0 Å². The maximum absolute atomic E-state index is 12.6. The first-order valence-corrected chi connectivity index (χ1v) is 10.6. The van der Waals surface area contributed by atoms with Crippen LogP contribution in [0.2, 0.25) is 0 Å². The van der Waals surface area contributed by atoms with E-state index in [0.29, 0.717) is 31.2 Å². The van der Waals surface area contributed by atoms with Gasteiger partial charge in [-0.15, -0.1) is 0 Å². The lowest BCUT2D eigenvalue weighted by molar-refractivity contribution is -0.130. The van der Waals surface area contributed by atoms with Gasteiger partial charge in [-0.25, -0.2) is 0 Å². The fourth-order valence-corrected chi connectivity index (χ4v) is 4.14. The van der Waals surface area contributed by atoms with Gasteiger partial charge in [0.15, 0.2) is 0 Å². The van der Waals surface area contributed by atoms with Crippen molar-refractivity contribution in [1.82, 2.24) is 25.3 Å². The van der Waals surface area contributed by atoms with Crippen LogP contribution in [0.25, 0.3) is 0 Å². The zero-order valence-electron chi connectivity index (χ0n) is 16.7. The Morgan fingerprint density at radius 3 is 2.83 bits per heavy atom. The highest BCUT2D eigenvalue weighted by molar-refractivity contribution is 5.92. The van der Waals surface area contributed by atoms with Gasteiger partial charge < -0.3 is 15.5 Å². The first kappa shape index (κ1) is 19.6. The average Bonchev–Trinajstić information content (AvgIpc) is 3.43. The number of aromatic nitrogens is 2. The van der Waals surface area contributed by atoms with Crippen molar-refractivity contribution in [2.24, 2.45) is 0 Å². The third-order valence-electron chi connectivity index (χ3n) is 5.83. The molecule has 2 aliphatic heterocycles. The monoisotopic (exact) mass is 395 g/mol. The predicted octanol–water partition coefficient (Wildman–Crippen LogP) is 1.77. The number of likely N-dealkylation sites (tertiary alicyclic amines) is 1. The van der Waals surface area contributed by atoms with Crippen LogP contribution in [0.15, 0.2) is 42.6 Å². The fraction of sp³-hybridized carbons (Fsp3) is 0.500. The van der Waals surface area contributed by atoms with Crippen LogP contribution in [0.5, 0.6) is 0 Å². The first-order valence-electron chi connectivity index (χ1n) is 10.6. The zero-order valence-corrected chi connectivity index (χ0v) is 16.7. The van der Waals surface area contributed by atoms with Gasteiger partial charge in [-0.05, 0) is 43.9 Å². The summed E-state index contributed by atoms with van der Waals surface area (Å²) in [6.45, 7) is 3.21. The second-order valence-electron chi connectivity index (χ2n) is 7.97. The Morgan fingerprint density at radius 1 is 1.17 bits per heavy atom. The van der Waals surface area contributed by atoms with Crippen LogP contribution in [-0.2, 0) is 11.2 Å². The molecule has 7 heteroatoms. The fourth-order valence-electron chi connectivity index (χ4n) is 4.14. The van der Waals surface area contributed by atoms with Crippen molar-refractivity contribution in [3.05, 3.63) is 53.9 Å². The highest BCUT2D eigenvalue weighted by Gasteiger charge is 2.28. The molecule has 154 valence electrons. The number of aryl methyl sites for hydroxylation is 1. The molecule has 2 saturated heterocycles. The summed E-state index contributed by atoms with van der Waals surface area (Å²) in [4.78, 5) is 26.9. The molecule has 0 spiro atoms. The quantitative estimate of drug-likeness (QED) is 0.781. The number of nitrogens with one attached hydrogen (secondary N) is 2. The number of amides is 2. The Hall–Kier alpha value is -2.67. The first-order chi connectivity index (χ1) is 14.2. The molecule has 3 heterocycles. The Kier molecular flexibility index (Phi) is 6.24. The third-order valence-corrected chi connectivity index (χ3v) is 5.83. The van der Waals surface area contributed by atoms with Crippen molar-refractivity contribution in [1.29, 1.82) is 0 Å². The largest absolute Gasteiger partial charge is 0.346 e. The molecule has 2 fully saturated rings. The van der Waals surface area contributed by atoms with Gasteiger partial charge in [0.1, 0.15) is 5.69 Å². The summed E-state index contributed by atoms with van der Waals surface area (Å²) >= 11 is 0. The maximum Gasteiger partial charge on any atom is 0.272 e. The van der Waals surface area contributed by atoms with E-state index in [4.69, 9.17) is 0 Å². The van der Waals surface area contributed by atoms with E-state index in [1.54, 1.807) is 6.07 Å². The van der Waals surface area contributed by atoms with E-state index < -0.39 is 0 Å². The molecule has 0 aliphatic carbocycles. The standard InChI is InChI=1S/C22H29N5O2/c28-21(9-8-17-5-2-1-3-6-17)26-13-10-18(16-26)24-22(29)20-11-14-27(25-20)19-7-4-12-23-15-19/h1-3,5-6,11,14,18-19,23H,4,7-10,12-13,15-16H2,(H,24,29). The highest BCUT2D eigenvalue weighted by atomic mass is 16.2. The van der Waals surface area contributed by atoms with Crippen molar-refractivity contribution < 1.29 is 9.59 Å². The molecule has 2 amide bonds. The number of carbonyl (C=O) groups is 2. The number of hydrogen-bond acceptors (Lipinski definition) is 4. The molecule has 29 heavy (non-hydrogen) atoms. The number of carbonyl (C=O) groups excluding carboxylic acids is 2. The number of nitrogens with zero attached hydrogens (tertiary/aromatic N) is 3. The van der Waals surface area contributed by atoms with Gasteiger partial charge in [0.25, 0.3) is 5.91 Å². The molecule has 0 radical (unpaired) electrons. The third kappa shape index (κ3) is 5.03. The van der Waals surface area contributed by atoms with Crippen LogP contribution >= 0.6 is 0 Å². The number of hydrogen-bond donors (Lipinski definition) is 2. The zero-order chi connectivity index (χ0) is 20.1. The molecular formula is C22H29N5O2. The predicted molar refractivity (Wildman–Crippen MR) is 111 cm³/mol. The summed E-state index contributed by atoms with van der Waals surface area (Å²) in [6.07, 6.45) is 6.14. The van der Waals surface area contributed by atoms with Gasteiger partial charge in [-0.1, -0.05) is 30.3 Å². The van der Waals surface area contributed by atoms with Crippen molar-refractivity contribution in [2.75, 3.05) is 26.2 Å². The van der Waals surface area contributed by atoms with E-state index in [-0.39, 0.29) is 17.9 Å². The summed E-state index contributed by atoms with van der Waals surface area (Å²) < 4.78 is 1.90. The summed E-state index contributed by atoms with van der Waals surface area (Å²) in [5.41, 5.74) is 1.62. The van der Waals surface area contributed by atoms with Gasteiger partial charge in [-0.2, -0.15) is 5.10 Å². The second-order valence-corrected chi connectivity index (χ2v) is 7.97. The molecule has 7 nitrogen and oxygen atoms in total. The summed E-state index contributed by atoms with van der Waals surface area (Å²) in [7, 11) is 0. The summed E-state index contributed by atoms with van der Waals surface area (Å²) in [5.74, 6) is -0.00391. The molecule has 2 unspecified atom stereocenters. The minimum absolute atomic E-state index is 0.00956. The van der Waals surface area contributed by atoms with E-state index in [0.717, 1.165) is 38.8 Å². The highest BCUT2D eigenvalue weighted by Crippen LogP contribution is 2.16. The van der Waals surface area contributed by atoms with Crippen molar-refractivity contribution in [3.8, 4) is 0 Å². The normalized spacial score (nSPS) is 21.9. The molecular weight excluding hydrogens is 366 g/mol. The Labute approximate surface area is 171 Å². The average molecular weight is 396 g/mol. The van der Waals surface area contributed by atoms with Gasteiger partial charge in [0.05, 0.1) is 6.04 Å². The Morgan fingerprint density at radius 2 is 2.03 bits per heavy atom. The van der Waals surface area contributed by atoms with Crippen LogP contribution in [-0.4, -0.2) is 58.7 Å². The van der Waals surface area contributed by atoms with Gasteiger partial charge >= 0.3 is 0 Å². The smallest absolute Gasteiger partial charge is 0.272 e. The van der Waals surface area contributed by atoms with Crippen LogP contribution in [0.4, 0.5) is 0 Å². The maximum atomic E-state index is 12.6. The van der Waals surface area contributed by atoms with E-state index in [2.05, 4.69) is 15.7 Å². The molecule has 2 aliphatic rings. The number of piperidine rings is 1. The molecule has 0 saturated carbocycles. The van der Waals surface area contributed by atoms with Crippen molar-refractivity contribution >= 4 is 11.8 Å². The van der Waals surface area contributed by atoms with Crippen LogP contribution < -0.4 is 10.6 Å². The summed E-state index contributed by atoms with van der Waals surface area (Å²) in [6, 6.07) is 12.1. The topological polar surface area (TPSA) is 79.3 Å². The Balaban J connectivity index is 1.24. The van der Waals surface area contributed by atoms with Gasteiger partial charge in [0, 0.05) is 38.3 Å². The van der Waals surface area contributed by atoms with Crippen molar-refractivity contribution in [3.63, 3.8) is 0 Å². The molecule has 2 atom stereocenters.